The fraction of sp³-hybridized carbons (Fsp3) is 0.385. The molecule has 0 aliphatic carbocycles. The molecule has 0 bridgehead atoms. The normalized spacial score (nSPS) is 9.37. The van der Waals surface area contributed by atoms with Crippen LogP contribution in [0.1, 0.15) is 18.9 Å². The highest BCUT2D eigenvalue weighted by Gasteiger charge is 2.01. The summed E-state index contributed by atoms with van der Waals surface area (Å²) in [6.07, 6.45) is 0.460. The highest BCUT2D eigenvalue weighted by molar-refractivity contribution is 5.88. The molecular weight excluding hydrogens is 266 g/mol. The van der Waals surface area contributed by atoms with Crippen molar-refractivity contribution in [3.63, 3.8) is 0 Å². The van der Waals surface area contributed by atoms with E-state index in [0.29, 0.717) is 19.5 Å². The van der Waals surface area contributed by atoms with Crippen molar-refractivity contribution >= 4 is 29.9 Å². The highest BCUT2D eigenvalue weighted by atomic mass is 35.5. The molecule has 0 aliphatic rings. The van der Waals surface area contributed by atoms with Crippen molar-refractivity contribution in [3.05, 3.63) is 29.8 Å². The van der Waals surface area contributed by atoms with Gasteiger partial charge in [0.05, 0.1) is 0 Å². The third-order valence-electron chi connectivity index (χ3n) is 2.34. The van der Waals surface area contributed by atoms with Gasteiger partial charge in [0.25, 0.3) is 0 Å². The first kappa shape index (κ1) is 17.4. The maximum atomic E-state index is 11.4. The van der Waals surface area contributed by atoms with Crippen molar-refractivity contribution in [2.75, 3.05) is 18.9 Å². The van der Waals surface area contributed by atoms with Gasteiger partial charge >= 0.3 is 0 Å². The first-order valence-corrected chi connectivity index (χ1v) is 5.89. The molecule has 0 radical (unpaired) electrons. The quantitative estimate of drug-likeness (QED) is 0.738. The zero-order valence-corrected chi connectivity index (χ0v) is 12.0. The van der Waals surface area contributed by atoms with Crippen LogP contribution in [0.4, 0.5) is 5.69 Å². The van der Waals surface area contributed by atoms with Crippen LogP contribution in [0.3, 0.4) is 0 Å². The molecule has 19 heavy (non-hydrogen) atoms. The topological polar surface area (TPSA) is 70.2 Å². The van der Waals surface area contributed by atoms with E-state index in [9.17, 15) is 9.59 Å². The molecule has 0 unspecified atom stereocenters. The van der Waals surface area contributed by atoms with E-state index in [1.54, 1.807) is 0 Å². The molecule has 0 aliphatic heterocycles. The molecule has 5 nitrogen and oxygen atoms in total. The lowest BCUT2D eigenvalue weighted by atomic mass is 10.2. The SMILES string of the molecule is CNCCC(=O)NCc1cccc(NC(C)=O)c1.Cl. The number of carbonyl (C=O) groups excluding carboxylic acids is 2. The average molecular weight is 286 g/mol. The highest BCUT2D eigenvalue weighted by Crippen LogP contribution is 2.10. The summed E-state index contributed by atoms with van der Waals surface area (Å²) < 4.78 is 0. The second kappa shape index (κ2) is 9.35. The Hall–Kier alpha value is -1.59. The smallest absolute Gasteiger partial charge is 0.221 e. The maximum absolute atomic E-state index is 11.4. The Morgan fingerprint density at radius 3 is 2.63 bits per heavy atom. The molecule has 1 aromatic rings. The number of benzene rings is 1. The molecule has 0 saturated carbocycles. The fourth-order valence-electron chi connectivity index (χ4n) is 1.49. The fourth-order valence-corrected chi connectivity index (χ4v) is 1.49. The van der Waals surface area contributed by atoms with E-state index < -0.39 is 0 Å². The standard InChI is InChI=1S/C13H19N3O2.ClH/c1-10(17)16-12-5-3-4-11(8-12)9-15-13(18)6-7-14-2;/h3-5,8,14H,6-7,9H2,1-2H3,(H,15,18)(H,16,17);1H. The van der Waals surface area contributed by atoms with E-state index in [1.165, 1.54) is 6.92 Å². The monoisotopic (exact) mass is 285 g/mol. The summed E-state index contributed by atoms with van der Waals surface area (Å²) in [6, 6.07) is 7.41. The molecule has 106 valence electrons. The summed E-state index contributed by atoms with van der Waals surface area (Å²) in [5.41, 5.74) is 1.70. The van der Waals surface area contributed by atoms with Crippen LogP contribution in [0, 0.1) is 0 Å². The third kappa shape index (κ3) is 7.43. The summed E-state index contributed by atoms with van der Waals surface area (Å²) in [5.74, 6) is -0.0977. The number of amides is 2. The Bertz CT molecular complexity index is 424. The lowest BCUT2D eigenvalue weighted by Crippen LogP contribution is -2.26. The van der Waals surface area contributed by atoms with Crippen molar-refractivity contribution < 1.29 is 9.59 Å². The molecule has 6 heteroatoms. The molecule has 0 spiro atoms. The molecule has 0 atom stereocenters. The Balaban J connectivity index is 0.00000324. The minimum Gasteiger partial charge on any atom is -0.352 e. The Labute approximate surface area is 119 Å². The summed E-state index contributed by atoms with van der Waals surface area (Å²) in [6.45, 7) is 2.60. The largest absolute Gasteiger partial charge is 0.352 e. The van der Waals surface area contributed by atoms with E-state index in [0.717, 1.165) is 11.3 Å². The van der Waals surface area contributed by atoms with Gasteiger partial charge in [0.1, 0.15) is 0 Å². The molecule has 0 fully saturated rings. The van der Waals surface area contributed by atoms with Crippen LogP contribution >= 0.6 is 12.4 Å². The van der Waals surface area contributed by atoms with Gasteiger partial charge in [-0.1, -0.05) is 12.1 Å². The Morgan fingerprint density at radius 2 is 2.00 bits per heavy atom. The molecule has 0 heterocycles. The van der Waals surface area contributed by atoms with Gasteiger partial charge in [-0.15, -0.1) is 12.4 Å². The van der Waals surface area contributed by atoms with Gasteiger partial charge in [0.2, 0.25) is 11.8 Å². The molecular formula is C13H20ClN3O2. The summed E-state index contributed by atoms with van der Waals surface area (Å²) in [5, 5.41) is 8.45. The molecule has 0 saturated heterocycles. The zero-order chi connectivity index (χ0) is 13.4. The number of anilines is 1. The lowest BCUT2D eigenvalue weighted by molar-refractivity contribution is -0.121. The summed E-state index contributed by atoms with van der Waals surface area (Å²) >= 11 is 0. The van der Waals surface area contributed by atoms with Crippen LogP contribution in [0.5, 0.6) is 0 Å². The van der Waals surface area contributed by atoms with E-state index in [-0.39, 0.29) is 24.2 Å². The predicted octanol–water partition coefficient (Wildman–Crippen LogP) is 1.29. The van der Waals surface area contributed by atoms with Crippen LogP contribution in [0.15, 0.2) is 24.3 Å². The van der Waals surface area contributed by atoms with Gasteiger partial charge in [-0.3, -0.25) is 9.59 Å². The van der Waals surface area contributed by atoms with E-state index in [2.05, 4.69) is 16.0 Å². The Morgan fingerprint density at radius 1 is 1.26 bits per heavy atom. The van der Waals surface area contributed by atoms with Crippen LogP contribution in [0.25, 0.3) is 0 Å². The number of nitrogens with one attached hydrogen (secondary N) is 3. The number of carbonyl (C=O) groups is 2. The lowest BCUT2D eigenvalue weighted by Gasteiger charge is -2.07. The van der Waals surface area contributed by atoms with Gasteiger partial charge in [-0.25, -0.2) is 0 Å². The molecule has 0 aromatic heterocycles. The predicted molar refractivity (Wildman–Crippen MR) is 78.4 cm³/mol. The zero-order valence-electron chi connectivity index (χ0n) is 11.2. The first-order chi connectivity index (χ1) is 8.61. The van der Waals surface area contributed by atoms with Gasteiger partial charge in [-0.2, -0.15) is 0 Å². The van der Waals surface area contributed by atoms with Gasteiger partial charge in [0.15, 0.2) is 0 Å². The number of halogens is 1. The second-order valence-electron chi connectivity index (χ2n) is 4.01. The van der Waals surface area contributed by atoms with Gasteiger partial charge in [-0.05, 0) is 24.7 Å². The van der Waals surface area contributed by atoms with Crippen molar-refractivity contribution in [2.24, 2.45) is 0 Å². The maximum Gasteiger partial charge on any atom is 0.221 e. The van der Waals surface area contributed by atoms with Crippen LogP contribution < -0.4 is 16.0 Å². The van der Waals surface area contributed by atoms with Crippen molar-refractivity contribution in [3.8, 4) is 0 Å². The molecule has 1 rings (SSSR count). The number of hydrogen-bond acceptors (Lipinski definition) is 3. The molecule has 1 aromatic carbocycles. The Kier molecular flexibility index (Phi) is 8.57. The van der Waals surface area contributed by atoms with Crippen LogP contribution in [-0.2, 0) is 16.1 Å². The minimum atomic E-state index is -0.106. The second-order valence-corrected chi connectivity index (χ2v) is 4.01. The van der Waals surface area contributed by atoms with E-state index in [1.807, 2.05) is 31.3 Å². The summed E-state index contributed by atoms with van der Waals surface area (Å²) in [7, 11) is 1.81. The van der Waals surface area contributed by atoms with Crippen LogP contribution in [0.2, 0.25) is 0 Å². The number of rotatable bonds is 6. The van der Waals surface area contributed by atoms with Gasteiger partial charge in [0, 0.05) is 32.1 Å². The first-order valence-electron chi connectivity index (χ1n) is 5.89. The van der Waals surface area contributed by atoms with Crippen LogP contribution in [-0.4, -0.2) is 25.4 Å². The average Bonchev–Trinajstić information content (AvgIpc) is 2.33. The van der Waals surface area contributed by atoms with Crippen molar-refractivity contribution in [1.29, 1.82) is 0 Å². The van der Waals surface area contributed by atoms with E-state index in [4.69, 9.17) is 0 Å². The van der Waals surface area contributed by atoms with Crippen molar-refractivity contribution in [2.45, 2.75) is 19.9 Å². The van der Waals surface area contributed by atoms with Gasteiger partial charge < -0.3 is 16.0 Å². The minimum absolute atomic E-state index is 0. The van der Waals surface area contributed by atoms with Crippen molar-refractivity contribution in [1.82, 2.24) is 10.6 Å². The summed E-state index contributed by atoms with van der Waals surface area (Å²) in [4.78, 5) is 22.3. The molecule has 2 amide bonds. The van der Waals surface area contributed by atoms with E-state index >= 15 is 0 Å². The third-order valence-corrected chi connectivity index (χ3v) is 2.34. The molecule has 3 N–H and O–H groups in total. The number of hydrogen-bond donors (Lipinski definition) is 3.